The van der Waals surface area contributed by atoms with Crippen molar-refractivity contribution in [3.05, 3.63) is 43.1 Å². The lowest BCUT2D eigenvalue weighted by atomic mass is 10.1. The van der Waals surface area contributed by atoms with E-state index in [0.717, 1.165) is 5.56 Å². The van der Waals surface area contributed by atoms with Crippen molar-refractivity contribution in [2.75, 3.05) is 25.1 Å². The predicted octanol–water partition coefficient (Wildman–Crippen LogP) is 4.18. The van der Waals surface area contributed by atoms with Gasteiger partial charge in [0.05, 0.1) is 0 Å². The lowest BCUT2D eigenvalue weighted by Crippen LogP contribution is -2.38. The molecule has 1 aromatic carbocycles. The van der Waals surface area contributed by atoms with Gasteiger partial charge in [-0.25, -0.2) is 20.3 Å². The number of carbonyl (C=O) groups excluding carboxylic acids is 3. The van der Waals surface area contributed by atoms with Gasteiger partial charge in [-0.1, -0.05) is 24.8 Å². The van der Waals surface area contributed by atoms with Gasteiger partial charge < -0.3 is 24.3 Å². The smallest absolute Gasteiger partial charge is 0.413 e. The van der Waals surface area contributed by atoms with Crippen LogP contribution >= 0.6 is 0 Å². The molecule has 1 atom stereocenters. The molecule has 0 saturated heterocycles. The Morgan fingerprint density at radius 3 is 2.29 bits per heavy atom. The molecule has 1 aromatic heterocycles. The second-order valence-electron chi connectivity index (χ2n) is 10.9. The fourth-order valence-corrected chi connectivity index (χ4v) is 3.29. The summed E-state index contributed by atoms with van der Waals surface area (Å²) in [5.74, 6) is 5.37. The number of nitrogens with zero attached hydrogens (tertiary/aromatic N) is 2. The van der Waals surface area contributed by atoms with Crippen LogP contribution in [-0.4, -0.2) is 65.0 Å². The molecule has 2 rings (SSSR count). The second-order valence-corrected chi connectivity index (χ2v) is 10.9. The summed E-state index contributed by atoms with van der Waals surface area (Å²) in [6.07, 6.45) is 1.51. The third kappa shape index (κ3) is 12.3. The highest BCUT2D eigenvalue weighted by Crippen LogP contribution is 2.29. The normalized spacial score (nSPS) is 12.2. The van der Waals surface area contributed by atoms with E-state index >= 15 is 0 Å². The first-order valence-electron chi connectivity index (χ1n) is 13.1. The van der Waals surface area contributed by atoms with Crippen LogP contribution in [-0.2, 0) is 30.4 Å². The highest BCUT2D eigenvalue weighted by Gasteiger charge is 2.26. The number of hydrogen-bond acceptors (Lipinski definition) is 10. The zero-order valence-corrected chi connectivity index (χ0v) is 24.5. The third-order valence-electron chi connectivity index (χ3n) is 4.95. The molecule has 2 amide bonds. The van der Waals surface area contributed by atoms with Gasteiger partial charge in [-0.05, 0) is 65.7 Å². The van der Waals surface area contributed by atoms with Crippen molar-refractivity contribution in [2.45, 2.75) is 71.8 Å². The molecule has 0 spiro atoms. The number of esters is 1. The van der Waals surface area contributed by atoms with E-state index < -0.39 is 35.5 Å². The van der Waals surface area contributed by atoms with Crippen molar-refractivity contribution in [1.29, 1.82) is 0 Å². The summed E-state index contributed by atoms with van der Waals surface area (Å²) in [4.78, 5) is 41.0. The fraction of sp³-hybridized carbons (Fsp3) is 0.500. The van der Waals surface area contributed by atoms with Gasteiger partial charge in [0.2, 0.25) is 6.10 Å². The molecule has 4 N–H and O–H groups in total. The number of amides is 2. The van der Waals surface area contributed by atoms with Crippen LogP contribution in [0, 0.1) is 0 Å². The summed E-state index contributed by atoms with van der Waals surface area (Å²) < 4.78 is 22.9. The molecule has 0 radical (unpaired) electrons. The zero-order valence-electron chi connectivity index (χ0n) is 24.5. The number of rotatable bonds is 13. The standard InChI is InChI=1S/C28H41N5O8/c1-8-16-37-26(36)31-23-21(17-33(32-23)15-9-14-30-25(35)40-28(5,6)7)19-10-12-20(13-11-19)38-18-22(41-29)24(34)39-27(2,3)4/h8,10-13,17,22H,1,9,14-16,18,29H2,2-7H3,(H,30,35)(H,31,32,36). The average Bonchev–Trinajstić information content (AvgIpc) is 3.26. The van der Waals surface area contributed by atoms with Crippen LogP contribution in [0.15, 0.2) is 43.1 Å². The Balaban J connectivity index is 2.10. The average molecular weight is 576 g/mol. The molecule has 2 aromatic rings. The zero-order chi connectivity index (χ0) is 30.6. The lowest BCUT2D eigenvalue weighted by molar-refractivity contribution is -0.170. The highest BCUT2D eigenvalue weighted by molar-refractivity contribution is 5.89. The number of benzene rings is 1. The first kappa shape index (κ1) is 33.1. The van der Waals surface area contributed by atoms with Gasteiger partial charge in [-0.2, -0.15) is 5.10 Å². The number of ether oxygens (including phenoxy) is 4. The Hall–Kier alpha value is -4.10. The molecule has 0 aliphatic heterocycles. The molecule has 0 fully saturated rings. The summed E-state index contributed by atoms with van der Waals surface area (Å²) in [6, 6.07) is 6.93. The van der Waals surface area contributed by atoms with Gasteiger partial charge >= 0.3 is 18.2 Å². The molecule has 13 nitrogen and oxygen atoms in total. The highest BCUT2D eigenvalue weighted by atomic mass is 16.7. The minimum absolute atomic E-state index is 0.0427. The molecule has 13 heteroatoms. The topological polar surface area (TPSA) is 165 Å². The molecule has 226 valence electrons. The summed E-state index contributed by atoms with van der Waals surface area (Å²) in [5, 5.41) is 9.83. The Labute approximate surface area is 240 Å². The van der Waals surface area contributed by atoms with Crippen LogP contribution < -0.4 is 21.3 Å². The monoisotopic (exact) mass is 575 g/mol. The third-order valence-corrected chi connectivity index (χ3v) is 4.95. The Bertz CT molecular complexity index is 1170. The minimum Gasteiger partial charge on any atom is -0.490 e. The number of nitrogens with two attached hydrogens (primary N) is 1. The maximum Gasteiger partial charge on any atom is 0.413 e. The number of hydrogen-bond donors (Lipinski definition) is 3. The van der Waals surface area contributed by atoms with Crippen molar-refractivity contribution in [2.24, 2.45) is 5.90 Å². The van der Waals surface area contributed by atoms with E-state index in [4.69, 9.17) is 29.7 Å². The van der Waals surface area contributed by atoms with Gasteiger partial charge in [0.25, 0.3) is 0 Å². The fourth-order valence-electron chi connectivity index (χ4n) is 3.29. The summed E-state index contributed by atoms with van der Waals surface area (Å²) >= 11 is 0. The quantitative estimate of drug-likeness (QED) is 0.104. The number of carbonyl (C=O) groups is 3. The van der Waals surface area contributed by atoms with E-state index in [1.807, 2.05) is 0 Å². The first-order valence-corrected chi connectivity index (χ1v) is 13.1. The van der Waals surface area contributed by atoms with E-state index in [9.17, 15) is 14.4 Å². The molecule has 0 aliphatic rings. The first-order chi connectivity index (χ1) is 19.2. The SMILES string of the molecule is C=CCOC(=O)Nc1nn(CCCNC(=O)OC(C)(C)C)cc1-c1ccc(OCC(ON)C(=O)OC(C)(C)C)cc1. The maximum atomic E-state index is 12.2. The van der Waals surface area contributed by atoms with Crippen molar-refractivity contribution < 1.29 is 38.2 Å². The molecule has 0 aliphatic carbocycles. The van der Waals surface area contributed by atoms with Crippen LogP contribution in [0.5, 0.6) is 5.75 Å². The molecular weight excluding hydrogens is 534 g/mol. The number of aryl methyl sites for hydroxylation is 1. The van der Waals surface area contributed by atoms with Crippen LogP contribution in [0.25, 0.3) is 11.1 Å². The Morgan fingerprint density at radius 1 is 1.05 bits per heavy atom. The number of anilines is 1. The van der Waals surface area contributed by atoms with Gasteiger partial charge in [0.15, 0.2) is 5.82 Å². The predicted molar refractivity (Wildman–Crippen MR) is 152 cm³/mol. The van der Waals surface area contributed by atoms with Crippen LogP contribution in [0.4, 0.5) is 15.4 Å². The number of aromatic nitrogens is 2. The van der Waals surface area contributed by atoms with E-state index in [1.165, 1.54) is 6.08 Å². The maximum absolute atomic E-state index is 12.2. The van der Waals surface area contributed by atoms with E-state index in [2.05, 4.69) is 22.3 Å². The molecule has 1 unspecified atom stereocenters. The Kier molecular flexibility index (Phi) is 12.2. The van der Waals surface area contributed by atoms with Crippen LogP contribution in [0.1, 0.15) is 48.0 Å². The van der Waals surface area contributed by atoms with Gasteiger partial charge in [-0.3, -0.25) is 14.8 Å². The largest absolute Gasteiger partial charge is 0.490 e. The van der Waals surface area contributed by atoms with Crippen molar-refractivity contribution >= 4 is 24.0 Å². The van der Waals surface area contributed by atoms with Crippen LogP contribution in [0.3, 0.4) is 0 Å². The van der Waals surface area contributed by atoms with Crippen LogP contribution in [0.2, 0.25) is 0 Å². The molecule has 41 heavy (non-hydrogen) atoms. The van der Waals surface area contributed by atoms with E-state index in [1.54, 1.807) is 76.7 Å². The van der Waals surface area contributed by atoms with E-state index in [-0.39, 0.29) is 19.0 Å². The lowest BCUT2D eigenvalue weighted by Gasteiger charge is -2.22. The number of nitrogens with one attached hydrogen (secondary N) is 2. The van der Waals surface area contributed by atoms with Crippen molar-refractivity contribution in [3.8, 4) is 16.9 Å². The Morgan fingerprint density at radius 2 is 1.71 bits per heavy atom. The van der Waals surface area contributed by atoms with Gasteiger partial charge in [-0.15, -0.1) is 0 Å². The van der Waals surface area contributed by atoms with Crippen molar-refractivity contribution in [3.63, 3.8) is 0 Å². The second kappa shape index (κ2) is 15.1. The van der Waals surface area contributed by atoms with Gasteiger partial charge in [0, 0.05) is 24.8 Å². The molecular formula is C28H41N5O8. The summed E-state index contributed by atoms with van der Waals surface area (Å²) in [7, 11) is 0. The minimum atomic E-state index is -1.10. The molecule has 0 saturated carbocycles. The molecule has 0 bridgehead atoms. The number of alkyl carbamates (subject to hydrolysis) is 1. The summed E-state index contributed by atoms with van der Waals surface area (Å²) in [5.41, 5.74) is 0.0797. The van der Waals surface area contributed by atoms with Crippen molar-refractivity contribution in [1.82, 2.24) is 15.1 Å². The molecule has 1 heterocycles. The summed E-state index contributed by atoms with van der Waals surface area (Å²) in [6.45, 7) is 14.8. The van der Waals surface area contributed by atoms with E-state index in [0.29, 0.717) is 30.8 Å². The van der Waals surface area contributed by atoms with Gasteiger partial charge in [0.1, 0.15) is 30.2 Å².